The Morgan fingerprint density at radius 1 is 0.967 bits per heavy atom. The zero-order valence-corrected chi connectivity index (χ0v) is 36.1. The molecule has 13 heteroatoms. The summed E-state index contributed by atoms with van der Waals surface area (Å²) in [5.41, 5.74) is 6.82. The van der Waals surface area contributed by atoms with Gasteiger partial charge in [-0.1, -0.05) is 45.9 Å². The molecule has 3 amide bonds. The summed E-state index contributed by atoms with van der Waals surface area (Å²) in [4.78, 5) is 61.4. The molecule has 0 spiro atoms. The van der Waals surface area contributed by atoms with Gasteiger partial charge in [0.15, 0.2) is 0 Å². The van der Waals surface area contributed by atoms with Gasteiger partial charge in [0.2, 0.25) is 17.7 Å². The van der Waals surface area contributed by atoms with E-state index in [1.807, 2.05) is 36.8 Å². The number of likely N-dealkylation sites (tertiary alicyclic amines) is 2. The summed E-state index contributed by atoms with van der Waals surface area (Å²) < 4.78 is 17.5. The summed E-state index contributed by atoms with van der Waals surface area (Å²) in [6, 6.07) is 13.6. The average molecular weight is 818 g/mol. The highest BCUT2D eigenvalue weighted by Gasteiger charge is 2.43. The number of aromatic amines is 2. The molecule has 5 aromatic rings. The third-order valence-corrected chi connectivity index (χ3v) is 13.2. The largest absolute Gasteiger partial charge is 0.488 e. The third kappa shape index (κ3) is 7.66. The van der Waals surface area contributed by atoms with Crippen LogP contribution >= 0.6 is 0 Å². The number of rotatable bonds is 13. The highest BCUT2D eigenvalue weighted by Crippen LogP contribution is 2.44. The topological polar surface area (TPSA) is 155 Å². The molecule has 13 nitrogen and oxygen atoms in total. The first-order valence-electron chi connectivity index (χ1n) is 21.6. The number of hydrogen-bond donors (Lipinski definition) is 3. The Labute approximate surface area is 351 Å². The first-order chi connectivity index (χ1) is 28.9. The van der Waals surface area contributed by atoms with Crippen LogP contribution in [0.4, 0.5) is 0 Å². The number of carbonyl (C=O) groups is 3. The van der Waals surface area contributed by atoms with Crippen LogP contribution in [0.5, 0.6) is 5.75 Å². The molecule has 3 aromatic carbocycles. The monoisotopic (exact) mass is 817 g/mol. The number of fused-ring (bicyclic) bond motifs is 6. The van der Waals surface area contributed by atoms with Crippen molar-refractivity contribution in [1.82, 2.24) is 35.1 Å². The van der Waals surface area contributed by atoms with Crippen LogP contribution in [-0.4, -0.2) is 93.0 Å². The van der Waals surface area contributed by atoms with E-state index in [0.717, 1.165) is 86.4 Å². The Morgan fingerprint density at radius 3 is 2.53 bits per heavy atom. The molecule has 0 bridgehead atoms. The predicted octanol–water partition coefficient (Wildman–Crippen LogP) is 7.87. The molecule has 0 unspecified atom stereocenters. The van der Waals surface area contributed by atoms with Crippen molar-refractivity contribution in [3.05, 3.63) is 65.9 Å². The Bertz CT molecular complexity index is 2400. The molecule has 3 aliphatic heterocycles. The van der Waals surface area contributed by atoms with E-state index in [1.54, 1.807) is 14.2 Å². The maximum atomic E-state index is 14.2. The molecule has 0 aliphatic carbocycles. The molecule has 318 valence electrons. The average Bonchev–Trinajstić information content (AvgIpc) is 4.07. The van der Waals surface area contributed by atoms with Crippen LogP contribution in [0.3, 0.4) is 0 Å². The van der Waals surface area contributed by atoms with Crippen LogP contribution in [-0.2, 0) is 30.5 Å². The second kappa shape index (κ2) is 17.0. The molecule has 7 atom stereocenters. The summed E-state index contributed by atoms with van der Waals surface area (Å²) in [7, 11) is 3.27. The zero-order valence-electron chi connectivity index (χ0n) is 36.1. The van der Waals surface area contributed by atoms with Crippen molar-refractivity contribution < 1.29 is 28.6 Å². The van der Waals surface area contributed by atoms with Gasteiger partial charge in [-0.3, -0.25) is 14.4 Å². The van der Waals surface area contributed by atoms with Gasteiger partial charge in [0, 0.05) is 56.0 Å². The molecule has 60 heavy (non-hydrogen) atoms. The number of hydrogen-bond acceptors (Lipinski definition) is 8. The quantitative estimate of drug-likeness (QED) is 0.109. The number of benzene rings is 3. The number of H-pyrrole nitrogens is 2. The molecule has 3 aliphatic rings. The number of imidazole rings is 2. The molecular weight excluding hydrogens is 759 g/mol. The Hall–Kier alpha value is -5.27. The predicted molar refractivity (Wildman–Crippen MR) is 231 cm³/mol. The fraction of sp³-hybridized carbons (Fsp3) is 0.511. The third-order valence-electron chi connectivity index (χ3n) is 13.2. The smallest absolute Gasteiger partial charge is 0.248 e. The number of methoxy groups -OCH3 is 2. The molecule has 2 saturated heterocycles. The number of nitrogens with zero attached hydrogens (tertiary/aromatic N) is 4. The van der Waals surface area contributed by atoms with E-state index in [4.69, 9.17) is 24.2 Å². The fourth-order valence-electron chi connectivity index (χ4n) is 9.39. The molecule has 0 radical (unpaired) electrons. The van der Waals surface area contributed by atoms with Gasteiger partial charge in [-0.25, -0.2) is 9.97 Å². The summed E-state index contributed by atoms with van der Waals surface area (Å²) in [5, 5.41) is 4.95. The minimum absolute atomic E-state index is 0.0286. The number of ether oxygens (including phenoxy) is 3. The summed E-state index contributed by atoms with van der Waals surface area (Å²) >= 11 is 0. The standard InChI is InChI=1S/C47H59N7O6/c1-9-10-41(55)51-42(28(6)59-8)47(57)54-26(4)11-16-38(54)45-49-36-15-13-30-19-35-33-14-12-31(18-32(33)24-60-40(35)20-34(30)43(36)52-45)37-21-48-44(50-37)39-17-29(23-58-7)22-53(39)46(56)27(5)25(2)3/h12-15,18-21,25-29,38-39,42H,9-11,16-17,22-24H2,1-8H3,(H,48,50)(H,49,52)(H,51,55)/t26-,27-,28+,29-,38-,39-,42-/m0/s1. The second-order valence-corrected chi connectivity index (χ2v) is 17.5. The molecule has 0 saturated carbocycles. The molecule has 2 fully saturated rings. The van der Waals surface area contributed by atoms with Gasteiger partial charge in [0.05, 0.1) is 47.7 Å². The summed E-state index contributed by atoms with van der Waals surface area (Å²) in [5.74, 6) is 2.59. The minimum atomic E-state index is -0.797. The van der Waals surface area contributed by atoms with Gasteiger partial charge < -0.3 is 39.3 Å². The lowest BCUT2D eigenvalue weighted by Gasteiger charge is -2.33. The van der Waals surface area contributed by atoms with Gasteiger partial charge >= 0.3 is 0 Å². The van der Waals surface area contributed by atoms with E-state index in [9.17, 15) is 14.4 Å². The number of amides is 3. The number of carbonyl (C=O) groups excluding carboxylic acids is 3. The van der Waals surface area contributed by atoms with E-state index in [1.165, 1.54) is 0 Å². The first-order valence-corrected chi connectivity index (χ1v) is 21.6. The van der Waals surface area contributed by atoms with Gasteiger partial charge in [-0.15, -0.1) is 0 Å². The van der Waals surface area contributed by atoms with E-state index >= 15 is 0 Å². The maximum Gasteiger partial charge on any atom is 0.248 e. The maximum absolute atomic E-state index is 14.2. The van der Waals surface area contributed by atoms with Crippen molar-refractivity contribution in [2.45, 2.75) is 111 Å². The van der Waals surface area contributed by atoms with Crippen molar-refractivity contribution in [2.24, 2.45) is 17.8 Å². The molecule has 8 rings (SSSR count). The molecule has 2 aromatic heterocycles. The van der Waals surface area contributed by atoms with Crippen molar-refractivity contribution in [1.29, 1.82) is 0 Å². The number of aromatic nitrogens is 4. The molecule has 5 heterocycles. The minimum Gasteiger partial charge on any atom is -0.488 e. The first kappa shape index (κ1) is 41.5. The number of nitrogens with one attached hydrogen (secondary N) is 3. The van der Waals surface area contributed by atoms with Gasteiger partial charge in [-0.2, -0.15) is 0 Å². The Morgan fingerprint density at radius 2 is 1.78 bits per heavy atom. The lowest BCUT2D eigenvalue weighted by molar-refractivity contribution is -0.142. The zero-order chi connectivity index (χ0) is 42.4. The molecule has 3 N–H and O–H groups in total. The summed E-state index contributed by atoms with van der Waals surface area (Å²) in [6.07, 6.45) is 4.80. The molecular formula is C47H59N7O6. The SMILES string of the molecule is CCCC(=O)N[C@H](C(=O)N1[C@@H](C)CC[C@H]1c1nc2c(ccc3cc4c(cc32)OCc2cc(-c3cnc([C@@H]5C[C@H](COC)CN5C(=O)[C@@H](C)C(C)C)[nH]3)ccc2-4)[nH]1)[C@@H](C)OC. The van der Waals surface area contributed by atoms with E-state index in [2.05, 4.69) is 78.5 Å². The van der Waals surface area contributed by atoms with Crippen LogP contribution in [0, 0.1) is 17.8 Å². The van der Waals surface area contributed by atoms with E-state index in [0.29, 0.717) is 32.6 Å². The Kier molecular flexibility index (Phi) is 11.8. The lowest BCUT2D eigenvalue weighted by atomic mass is 9.92. The normalized spacial score (nSPS) is 21.6. The van der Waals surface area contributed by atoms with E-state index < -0.39 is 12.1 Å². The van der Waals surface area contributed by atoms with Gasteiger partial charge in [0.25, 0.3) is 0 Å². The van der Waals surface area contributed by atoms with Crippen LogP contribution in [0.1, 0.15) is 103 Å². The van der Waals surface area contributed by atoms with Crippen LogP contribution < -0.4 is 10.1 Å². The van der Waals surface area contributed by atoms with E-state index in [-0.39, 0.29) is 53.6 Å². The summed E-state index contributed by atoms with van der Waals surface area (Å²) in [6.45, 7) is 13.7. The fourth-order valence-corrected chi connectivity index (χ4v) is 9.39. The van der Waals surface area contributed by atoms with Crippen LogP contribution in [0.2, 0.25) is 0 Å². The van der Waals surface area contributed by atoms with Crippen molar-refractivity contribution in [2.75, 3.05) is 27.4 Å². The highest BCUT2D eigenvalue weighted by atomic mass is 16.5. The Balaban J connectivity index is 1.05. The van der Waals surface area contributed by atoms with Crippen LogP contribution in [0.25, 0.3) is 44.2 Å². The highest BCUT2D eigenvalue weighted by molar-refractivity contribution is 6.07. The second-order valence-electron chi connectivity index (χ2n) is 17.5. The lowest BCUT2D eigenvalue weighted by Crippen LogP contribution is -2.55. The van der Waals surface area contributed by atoms with Crippen LogP contribution in [0.15, 0.2) is 48.7 Å². The van der Waals surface area contributed by atoms with Gasteiger partial charge in [0.1, 0.15) is 30.0 Å². The van der Waals surface area contributed by atoms with Crippen molar-refractivity contribution in [3.63, 3.8) is 0 Å². The van der Waals surface area contributed by atoms with Crippen molar-refractivity contribution >= 4 is 39.5 Å². The van der Waals surface area contributed by atoms with Gasteiger partial charge in [-0.05, 0) is 91.8 Å². The van der Waals surface area contributed by atoms with Crippen molar-refractivity contribution in [3.8, 4) is 28.1 Å².